The zero-order valence-electron chi connectivity index (χ0n) is 11.3. The molecule has 5 nitrogen and oxygen atoms in total. The molecule has 0 aromatic heterocycles. The van der Waals surface area contributed by atoms with E-state index in [4.69, 9.17) is 0 Å². The van der Waals surface area contributed by atoms with Crippen LogP contribution in [0, 0.1) is 12.1 Å². The molecule has 1 saturated heterocycles. The van der Waals surface area contributed by atoms with Crippen molar-refractivity contribution >= 4 is 34.6 Å². The molecular weight excluding hydrogens is 274 g/mol. The van der Waals surface area contributed by atoms with E-state index in [1.165, 1.54) is 4.31 Å². The standard InChI is InChI=1S/C14H15N3O2S/c1-3-16-14(18)15-17(19,20-16)13-10(2)8-9-11-6-4-5-7-12(11)13/h4-9H,3H2,1-2H3,(H,15,18). The maximum Gasteiger partial charge on any atom is 0.377 e. The number of carbonyl (C=O) groups is 1. The highest BCUT2D eigenvalue weighted by molar-refractivity contribution is 7.97. The van der Waals surface area contributed by atoms with E-state index in [1.54, 1.807) is 0 Å². The Kier molecular flexibility index (Phi) is 3.08. The highest BCUT2D eigenvalue weighted by atomic mass is 32.2. The lowest BCUT2D eigenvalue weighted by molar-refractivity contribution is 0.225. The van der Waals surface area contributed by atoms with Gasteiger partial charge in [0.2, 0.25) is 12.1 Å². The maximum absolute atomic E-state index is 13.0. The molecule has 1 N–H and O–H groups in total. The van der Waals surface area contributed by atoms with E-state index in [1.807, 2.05) is 50.2 Å². The van der Waals surface area contributed by atoms with Gasteiger partial charge in [0.25, 0.3) is 0 Å². The molecule has 1 atom stereocenters. The molecule has 1 unspecified atom stereocenters. The summed E-state index contributed by atoms with van der Waals surface area (Å²) in [4.78, 5) is 11.8. The summed E-state index contributed by atoms with van der Waals surface area (Å²) in [6.07, 6.45) is 0. The quantitative estimate of drug-likeness (QED) is 0.523. The van der Waals surface area contributed by atoms with E-state index < -0.39 is 4.16 Å². The molecule has 0 radical (unpaired) electrons. The van der Waals surface area contributed by atoms with Gasteiger partial charge in [0.05, 0.1) is 0 Å². The van der Waals surface area contributed by atoms with Crippen molar-refractivity contribution in [2.75, 3.05) is 6.54 Å². The molecule has 0 spiro atoms. The summed E-state index contributed by atoms with van der Waals surface area (Å²) in [7, 11) is 0. The van der Waals surface area contributed by atoms with Crippen molar-refractivity contribution < 1.29 is 4.79 Å². The zero-order valence-corrected chi connectivity index (χ0v) is 12.1. The summed E-state index contributed by atoms with van der Waals surface area (Å²) >= 11 is 0.958. The van der Waals surface area contributed by atoms with Crippen molar-refractivity contribution in [2.45, 2.75) is 13.8 Å². The number of fused-ring (bicyclic) bond motifs is 1. The third kappa shape index (κ3) is 1.93. The minimum atomic E-state index is -0.903. The number of rotatable bonds is 2. The molecule has 2 amide bonds. The first kappa shape index (κ1) is 13.2. The molecule has 1 aliphatic heterocycles. The number of amides is 2. The monoisotopic (exact) mass is 289 g/mol. The van der Waals surface area contributed by atoms with Crippen molar-refractivity contribution in [3.63, 3.8) is 0 Å². The average Bonchev–Trinajstić information content (AvgIpc) is 2.73. The molecule has 3 rings (SSSR count). The van der Waals surface area contributed by atoms with Crippen molar-refractivity contribution in [3.05, 3.63) is 47.2 Å². The highest BCUT2D eigenvalue weighted by Crippen LogP contribution is 2.42. The number of hydrogen-bond acceptors (Lipinski definition) is 3. The van der Waals surface area contributed by atoms with Gasteiger partial charge in [0, 0.05) is 17.5 Å². The van der Waals surface area contributed by atoms with Crippen LogP contribution in [0.2, 0.25) is 0 Å². The van der Waals surface area contributed by atoms with Gasteiger partial charge in [-0.3, -0.25) is 0 Å². The van der Waals surface area contributed by atoms with Crippen LogP contribution in [0.5, 0.6) is 0 Å². The average molecular weight is 289 g/mol. The van der Waals surface area contributed by atoms with Crippen LogP contribution >= 0.6 is 12.1 Å². The Hall–Kier alpha value is -1.76. The third-order valence-electron chi connectivity index (χ3n) is 3.37. The topological polar surface area (TPSA) is 55.4 Å². The van der Waals surface area contributed by atoms with E-state index in [2.05, 4.69) is 5.43 Å². The molecule has 0 bridgehead atoms. The Balaban J connectivity index is 2.19. The number of urea groups is 1. The zero-order chi connectivity index (χ0) is 14.3. The Morgan fingerprint density at radius 1 is 1.30 bits per heavy atom. The minimum Gasteiger partial charge on any atom is -0.588 e. The molecule has 0 saturated carbocycles. The summed E-state index contributed by atoms with van der Waals surface area (Å²) in [5.74, 6) is 0. The number of nitrogens with zero attached hydrogens (tertiary/aromatic N) is 2. The lowest BCUT2D eigenvalue weighted by atomic mass is 10.1. The van der Waals surface area contributed by atoms with E-state index in [9.17, 15) is 10.0 Å². The van der Waals surface area contributed by atoms with Crippen molar-refractivity contribution in [2.24, 2.45) is 0 Å². The second-order valence-corrected chi connectivity index (χ2v) is 5.82. The molecular formula is C14H15N3O2S. The van der Waals surface area contributed by atoms with Gasteiger partial charge >= 0.3 is 6.03 Å². The molecule has 1 fully saturated rings. The predicted octanol–water partition coefficient (Wildman–Crippen LogP) is 3.48. The lowest BCUT2D eigenvalue weighted by Crippen LogP contribution is -2.46. The van der Waals surface area contributed by atoms with E-state index in [-0.39, 0.29) is 6.03 Å². The summed E-state index contributed by atoms with van der Waals surface area (Å²) in [6, 6.07) is 11.3. The largest absolute Gasteiger partial charge is 0.588 e. The van der Waals surface area contributed by atoms with E-state index in [0.29, 0.717) is 12.2 Å². The first-order valence-corrected chi connectivity index (χ1v) is 7.16. The van der Waals surface area contributed by atoms with Crippen LogP contribution in [0.4, 0.5) is 10.5 Å². The lowest BCUT2D eigenvalue weighted by Gasteiger charge is -2.32. The van der Waals surface area contributed by atoms with Crippen LogP contribution in [0.3, 0.4) is 0 Å². The third-order valence-corrected chi connectivity index (χ3v) is 4.49. The van der Waals surface area contributed by atoms with Crippen molar-refractivity contribution in [1.82, 2.24) is 13.9 Å². The van der Waals surface area contributed by atoms with Crippen LogP contribution in [-0.2, 0) is 0 Å². The van der Waals surface area contributed by atoms with Crippen molar-refractivity contribution in [1.29, 1.82) is 0 Å². The fourth-order valence-electron chi connectivity index (χ4n) is 2.43. The van der Waals surface area contributed by atoms with Crippen LogP contribution in [-0.4, -0.2) is 16.9 Å². The fraction of sp³-hybridized carbons (Fsp3) is 0.214. The van der Waals surface area contributed by atoms with Gasteiger partial charge in [0.15, 0.2) is 5.69 Å². The van der Waals surface area contributed by atoms with Gasteiger partial charge in [-0.1, -0.05) is 30.3 Å². The van der Waals surface area contributed by atoms with Gasteiger partial charge in [0.1, 0.15) is 0 Å². The predicted molar refractivity (Wildman–Crippen MR) is 82.3 cm³/mol. The maximum atomic E-state index is 13.0. The van der Waals surface area contributed by atoms with E-state index >= 15 is 0 Å². The van der Waals surface area contributed by atoms with Crippen LogP contribution in [0.1, 0.15) is 12.5 Å². The Labute approximate surface area is 121 Å². The minimum absolute atomic E-state index is 0.347. The van der Waals surface area contributed by atoms with Crippen LogP contribution in [0.15, 0.2) is 36.4 Å². The highest BCUT2D eigenvalue weighted by Gasteiger charge is 2.42. The van der Waals surface area contributed by atoms with Gasteiger partial charge in [-0.25, -0.2) is 9.10 Å². The summed E-state index contributed by atoms with van der Waals surface area (Å²) in [5, 5.41) is 14.9. The smallest absolute Gasteiger partial charge is 0.377 e. The molecule has 20 heavy (non-hydrogen) atoms. The van der Waals surface area contributed by atoms with Crippen LogP contribution < -0.4 is 9.59 Å². The number of carbonyl (C=O) groups excluding carboxylic acids is 1. The fourth-order valence-corrected chi connectivity index (χ4v) is 3.38. The Morgan fingerprint density at radius 2 is 2.05 bits per heavy atom. The Morgan fingerprint density at radius 3 is 2.75 bits per heavy atom. The van der Waals surface area contributed by atoms with E-state index in [0.717, 1.165) is 28.5 Å². The molecule has 2 aromatic carbocycles. The first-order valence-electron chi connectivity index (χ1n) is 6.43. The normalized spacial score (nSPS) is 22.4. The summed E-state index contributed by atoms with van der Waals surface area (Å²) in [6.45, 7) is 4.22. The van der Waals surface area contributed by atoms with Gasteiger partial charge in [-0.15, -0.1) is 4.16 Å². The molecule has 0 aliphatic carbocycles. The van der Waals surface area contributed by atoms with Gasteiger partial charge < -0.3 is 5.21 Å². The molecule has 2 aromatic rings. The molecule has 1 aliphatic rings. The van der Waals surface area contributed by atoms with Gasteiger partial charge in [-0.05, 0) is 25.3 Å². The molecule has 6 heteroatoms. The number of nitrogens with one attached hydrogen (secondary N) is 1. The van der Waals surface area contributed by atoms with Crippen LogP contribution in [0.25, 0.3) is 10.8 Å². The number of hydrogen-bond donors (Lipinski definition) is 1. The first-order chi connectivity index (χ1) is 9.55. The van der Waals surface area contributed by atoms with Gasteiger partial charge in [-0.2, -0.15) is 5.43 Å². The number of benzene rings is 2. The molecule has 104 valence electrons. The summed E-state index contributed by atoms with van der Waals surface area (Å²) in [5.41, 5.74) is 3.96. The number of aryl methyl sites for hydroxylation is 1. The Bertz CT molecular complexity index is 691. The van der Waals surface area contributed by atoms with Crippen molar-refractivity contribution in [3.8, 4) is 0 Å². The summed E-state index contributed by atoms with van der Waals surface area (Å²) < 4.78 is 0.536. The second kappa shape index (κ2) is 4.66. The second-order valence-electron chi connectivity index (χ2n) is 4.70. The number of quaternary nitrogens is 1. The SMILES string of the molecule is CCN1S[N+]([O-])(c2c(C)ccc3ccccc23)NC1=O. The molecule has 1 heterocycles.